The number of nitrogens with zero attached hydrogens (tertiary/aromatic N) is 3. The van der Waals surface area contributed by atoms with E-state index in [2.05, 4.69) is 55.6 Å². The molecule has 22 heavy (non-hydrogen) atoms. The fourth-order valence-corrected chi connectivity index (χ4v) is 2.86. The summed E-state index contributed by atoms with van der Waals surface area (Å²) in [7, 11) is 1.76. The number of hydrogen-bond donors (Lipinski definition) is 0. The molecule has 120 valence electrons. The minimum absolute atomic E-state index is 0.339. The first kappa shape index (κ1) is 15.8. The second kappa shape index (κ2) is 5.51. The molecule has 3 rings (SSSR count). The molecule has 2 fully saturated rings. The predicted octanol–water partition coefficient (Wildman–Crippen LogP) is 1.13. The molecule has 0 amide bonds. The first-order valence-electron chi connectivity index (χ1n) is 8.04. The van der Waals surface area contributed by atoms with Crippen molar-refractivity contribution >= 4 is 18.4 Å². The second-order valence-corrected chi connectivity index (χ2v) is 7.29. The Hall–Kier alpha value is -1.11. The van der Waals surface area contributed by atoms with Crippen LogP contribution in [0.4, 0.5) is 5.69 Å². The Balaban J connectivity index is 1.87. The average molecular weight is 303 g/mol. The molecule has 2 saturated heterocycles. The zero-order valence-electron chi connectivity index (χ0n) is 14.3. The monoisotopic (exact) mass is 303 g/mol. The van der Waals surface area contributed by atoms with Crippen LogP contribution in [0.3, 0.4) is 0 Å². The summed E-state index contributed by atoms with van der Waals surface area (Å²) in [5.41, 5.74) is 1.35. The summed E-state index contributed by atoms with van der Waals surface area (Å²) in [5, 5.41) is 0. The van der Waals surface area contributed by atoms with Gasteiger partial charge in [-0.05, 0) is 46.9 Å². The Labute approximate surface area is 133 Å². The van der Waals surface area contributed by atoms with E-state index < -0.39 is 7.12 Å². The van der Waals surface area contributed by atoms with Gasteiger partial charge in [0.2, 0.25) is 0 Å². The number of anilines is 1. The molecule has 5 nitrogen and oxygen atoms in total. The van der Waals surface area contributed by atoms with Crippen molar-refractivity contribution < 1.29 is 9.31 Å². The van der Waals surface area contributed by atoms with Crippen molar-refractivity contribution in [2.45, 2.75) is 38.9 Å². The number of pyridine rings is 1. The van der Waals surface area contributed by atoms with Gasteiger partial charge in [0, 0.05) is 32.4 Å². The third kappa shape index (κ3) is 2.75. The number of hydrogen-bond acceptors (Lipinski definition) is 5. The summed E-state index contributed by atoms with van der Waals surface area (Å²) in [6, 6.07) is 4.11. The highest BCUT2D eigenvalue weighted by Crippen LogP contribution is 2.37. The lowest BCUT2D eigenvalue weighted by Gasteiger charge is -2.35. The van der Waals surface area contributed by atoms with Crippen molar-refractivity contribution in [2.24, 2.45) is 0 Å². The van der Waals surface area contributed by atoms with Crippen LogP contribution in [-0.4, -0.2) is 61.4 Å². The summed E-state index contributed by atoms with van der Waals surface area (Å²) in [6.07, 6.45) is 1.82. The first-order chi connectivity index (χ1) is 10.3. The largest absolute Gasteiger partial charge is 0.516 e. The normalized spacial score (nSPS) is 24.8. The van der Waals surface area contributed by atoms with Gasteiger partial charge in [0.25, 0.3) is 0 Å². The summed E-state index contributed by atoms with van der Waals surface area (Å²) in [5.74, 6) is 0. The lowest BCUT2D eigenvalue weighted by atomic mass is 9.82. The zero-order valence-corrected chi connectivity index (χ0v) is 14.3. The van der Waals surface area contributed by atoms with E-state index in [1.54, 1.807) is 0 Å². The molecular weight excluding hydrogens is 277 g/mol. The molecule has 0 spiro atoms. The van der Waals surface area contributed by atoms with Crippen LogP contribution in [0.5, 0.6) is 0 Å². The number of likely N-dealkylation sites (N-methyl/N-ethyl adjacent to an activating group) is 1. The van der Waals surface area contributed by atoms with Crippen LogP contribution in [0.1, 0.15) is 27.7 Å². The molecule has 1 aromatic rings. The molecule has 0 bridgehead atoms. The molecule has 6 heteroatoms. The van der Waals surface area contributed by atoms with Gasteiger partial charge in [0.15, 0.2) is 0 Å². The molecule has 0 aromatic carbocycles. The van der Waals surface area contributed by atoms with Crippen molar-refractivity contribution in [2.75, 3.05) is 38.1 Å². The van der Waals surface area contributed by atoms with E-state index in [-0.39, 0.29) is 11.2 Å². The Morgan fingerprint density at radius 3 is 2.23 bits per heavy atom. The minimum Gasteiger partial charge on any atom is -0.398 e. The highest BCUT2D eigenvalue weighted by molar-refractivity contribution is 6.62. The molecule has 3 heterocycles. The van der Waals surface area contributed by atoms with E-state index in [9.17, 15) is 0 Å². The molecule has 2 aliphatic rings. The number of rotatable bonds is 2. The van der Waals surface area contributed by atoms with E-state index in [0.717, 1.165) is 37.5 Å². The van der Waals surface area contributed by atoms with Crippen molar-refractivity contribution in [1.29, 1.82) is 0 Å². The summed E-state index contributed by atoms with van der Waals surface area (Å²) < 4.78 is 12.4. The SMILES string of the molecule is CN1CCN(c2cccnc2B2OC(C)(C)C(C)(C)O2)CC1. The topological polar surface area (TPSA) is 37.8 Å². The highest BCUT2D eigenvalue weighted by Gasteiger charge is 2.53. The highest BCUT2D eigenvalue weighted by atomic mass is 16.7. The summed E-state index contributed by atoms with van der Waals surface area (Å²) >= 11 is 0. The van der Waals surface area contributed by atoms with Crippen molar-refractivity contribution in [3.8, 4) is 0 Å². The smallest absolute Gasteiger partial charge is 0.398 e. The van der Waals surface area contributed by atoms with Crippen LogP contribution in [0.15, 0.2) is 18.3 Å². The molecule has 0 atom stereocenters. The molecule has 0 unspecified atom stereocenters. The van der Waals surface area contributed by atoms with Gasteiger partial charge in [-0.15, -0.1) is 0 Å². The van der Waals surface area contributed by atoms with Crippen molar-refractivity contribution in [1.82, 2.24) is 9.88 Å². The van der Waals surface area contributed by atoms with E-state index >= 15 is 0 Å². The fourth-order valence-electron chi connectivity index (χ4n) is 2.86. The second-order valence-electron chi connectivity index (χ2n) is 7.29. The molecule has 2 aliphatic heterocycles. The van der Waals surface area contributed by atoms with Crippen molar-refractivity contribution in [3.63, 3.8) is 0 Å². The maximum Gasteiger partial charge on any atom is 0.516 e. The fraction of sp³-hybridized carbons (Fsp3) is 0.688. The lowest BCUT2D eigenvalue weighted by Crippen LogP contribution is -2.48. The van der Waals surface area contributed by atoms with Crippen LogP contribution in [0.2, 0.25) is 0 Å². The van der Waals surface area contributed by atoms with Gasteiger partial charge in [-0.25, -0.2) is 0 Å². The van der Waals surface area contributed by atoms with Crippen LogP contribution >= 0.6 is 0 Å². The van der Waals surface area contributed by atoms with Gasteiger partial charge in [-0.2, -0.15) is 0 Å². The van der Waals surface area contributed by atoms with E-state index in [1.165, 1.54) is 0 Å². The molecule has 0 N–H and O–H groups in total. The van der Waals surface area contributed by atoms with Crippen LogP contribution in [-0.2, 0) is 9.31 Å². The van der Waals surface area contributed by atoms with Crippen LogP contribution in [0.25, 0.3) is 0 Å². The molecular formula is C16H26BN3O2. The zero-order chi connectivity index (χ0) is 16.0. The van der Waals surface area contributed by atoms with Gasteiger partial charge in [-0.3, -0.25) is 4.98 Å². The predicted molar refractivity (Wildman–Crippen MR) is 89.7 cm³/mol. The lowest BCUT2D eigenvalue weighted by molar-refractivity contribution is 0.00578. The molecule has 0 aliphatic carbocycles. The first-order valence-corrected chi connectivity index (χ1v) is 8.04. The van der Waals surface area contributed by atoms with Gasteiger partial charge in [0.1, 0.15) is 0 Å². The number of piperazine rings is 1. The standard InChI is InChI=1S/C16H26BN3O2/c1-15(2)16(3,4)22-17(21-15)14-13(7-6-8-18-14)20-11-9-19(5)10-12-20/h6-8H,9-12H2,1-5H3. The molecule has 0 radical (unpaired) electrons. The minimum atomic E-state index is -0.402. The Morgan fingerprint density at radius 2 is 1.64 bits per heavy atom. The molecule has 1 aromatic heterocycles. The van der Waals surface area contributed by atoms with Crippen molar-refractivity contribution in [3.05, 3.63) is 18.3 Å². The number of aromatic nitrogens is 1. The van der Waals surface area contributed by atoms with Gasteiger partial charge in [-0.1, -0.05) is 0 Å². The summed E-state index contributed by atoms with van der Waals surface area (Å²) in [4.78, 5) is 9.31. The maximum absolute atomic E-state index is 6.18. The molecule has 0 saturated carbocycles. The van der Waals surface area contributed by atoms with E-state index in [4.69, 9.17) is 9.31 Å². The average Bonchev–Trinajstić information content (AvgIpc) is 2.68. The summed E-state index contributed by atoms with van der Waals surface area (Å²) in [6.45, 7) is 12.5. The van der Waals surface area contributed by atoms with E-state index in [1.807, 2.05) is 12.3 Å². The van der Waals surface area contributed by atoms with E-state index in [0.29, 0.717) is 0 Å². The Morgan fingerprint density at radius 1 is 1.05 bits per heavy atom. The van der Waals surface area contributed by atoms with Gasteiger partial charge < -0.3 is 19.1 Å². The third-order valence-electron chi connectivity index (χ3n) is 5.14. The third-order valence-corrected chi connectivity index (χ3v) is 5.14. The van der Waals surface area contributed by atoms with Crippen LogP contribution < -0.4 is 10.5 Å². The Bertz CT molecular complexity index is 526. The van der Waals surface area contributed by atoms with Crippen LogP contribution in [0, 0.1) is 0 Å². The van der Waals surface area contributed by atoms with Gasteiger partial charge in [0.05, 0.1) is 22.5 Å². The van der Waals surface area contributed by atoms with Gasteiger partial charge >= 0.3 is 7.12 Å². The quantitative estimate of drug-likeness (QED) is 0.766. The Kier molecular flexibility index (Phi) is 3.95. The maximum atomic E-state index is 6.18.